The van der Waals surface area contributed by atoms with E-state index in [0.29, 0.717) is 24.4 Å². The van der Waals surface area contributed by atoms with Crippen LogP contribution in [0, 0.1) is 11.8 Å². The van der Waals surface area contributed by atoms with Crippen LogP contribution in [-0.2, 0) is 16.0 Å². The fourth-order valence-electron chi connectivity index (χ4n) is 4.85. The Morgan fingerprint density at radius 3 is 2.36 bits per heavy atom. The van der Waals surface area contributed by atoms with E-state index in [1.807, 2.05) is 60.7 Å². The van der Waals surface area contributed by atoms with Gasteiger partial charge in [0.2, 0.25) is 17.7 Å². The number of anilines is 1. The van der Waals surface area contributed by atoms with E-state index < -0.39 is 16.5 Å². The number of amides is 3. The number of nitrogens with two attached hydrogens (primary N) is 1. The van der Waals surface area contributed by atoms with Gasteiger partial charge in [-0.05, 0) is 72.1 Å². The van der Waals surface area contributed by atoms with Gasteiger partial charge < -0.3 is 20.9 Å². The molecule has 5 rings (SSSR count). The van der Waals surface area contributed by atoms with Crippen molar-refractivity contribution in [2.45, 2.75) is 23.5 Å². The number of nitrogens with one attached hydrogen (secondary N) is 1. The van der Waals surface area contributed by atoms with E-state index in [1.54, 1.807) is 41.3 Å². The predicted molar refractivity (Wildman–Crippen MR) is 171 cm³/mol. The fourth-order valence-corrected chi connectivity index (χ4v) is 6.31. The first-order valence-corrected chi connectivity index (χ1v) is 14.9. The maximum Gasteiger partial charge on any atom is 0.248 e. The van der Waals surface area contributed by atoms with Gasteiger partial charge in [-0.15, -0.1) is 11.8 Å². The summed E-state index contributed by atoms with van der Waals surface area (Å²) in [6.45, 7) is 0.343. The highest BCUT2D eigenvalue weighted by atomic mass is 32.2. The lowest BCUT2D eigenvalue weighted by molar-refractivity contribution is -0.124. The van der Waals surface area contributed by atoms with Crippen LogP contribution in [-0.4, -0.2) is 41.7 Å². The third-order valence-corrected chi connectivity index (χ3v) is 8.56. The van der Waals surface area contributed by atoms with Crippen LogP contribution in [0.1, 0.15) is 44.4 Å². The van der Waals surface area contributed by atoms with Crippen LogP contribution < -0.4 is 20.7 Å². The number of hydrogen-bond acceptors (Lipinski definition) is 6. The molecule has 1 saturated heterocycles. The molecule has 1 heterocycles. The number of primary amides is 1. The van der Waals surface area contributed by atoms with Crippen molar-refractivity contribution in [3.63, 3.8) is 0 Å². The normalized spacial score (nSPS) is 15.8. The molecule has 0 saturated carbocycles. The van der Waals surface area contributed by atoms with Gasteiger partial charge in [-0.25, -0.2) is 0 Å². The van der Waals surface area contributed by atoms with Crippen molar-refractivity contribution in [1.29, 1.82) is 0 Å². The number of methoxy groups -OCH3 is 1. The van der Waals surface area contributed by atoms with Crippen LogP contribution in [0.4, 0.5) is 5.69 Å². The van der Waals surface area contributed by atoms with Gasteiger partial charge in [0.15, 0.2) is 11.5 Å². The summed E-state index contributed by atoms with van der Waals surface area (Å²) in [5.74, 6) is 5.64. The van der Waals surface area contributed by atoms with E-state index in [-0.39, 0.29) is 29.5 Å². The smallest absolute Gasteiger partial charge is 0.248 e. The molecule has 0 unspecified atom stereocenters. The Bertz CT molecular complexity index is 1730. The molecule has 0 radical (unpaired) electrons. The number of benzene rings is 4. The third-order valence-electron chi connectivity index (χ3n) is 7.12. The van der Waals surface area contributed by atoms with E-state index in [1.165, 1.54) is 18.9 Å². The van der Waals surface area contributed by atoms with E-state index in [0.717, 1.165) is 22.3 Å². The average molecular weight is 606 g/mol. The zero-order chi connectivity index (χ0) is 31.1. The number of carbonyl (C=O) groups is 3. The van der Waals surface area contributed by atoms with Gasteiger partial charge in [-0.1, -0.05) is 54.3 Å². The van der Waals surface area contributed by atoms with Crippen LogP contribution in [0.25, 0.3) is 0 Å². The highest BCUT2D eigenvalue weighted by Crippen LogP contribution is 2.46. The molecule has 3 amide bonds. The first-order chi connectivity index (χ1) is 21.3. The summed E-state index contributed by atoms with van der Waals surface area (Å²) in [5, 5.41) is 11.8. The van der Waals surface area contributed by atoms with Gasteiger partial charge >= 0.3 is 0 Å². The standard InChI is InChI=1S/C35H31N3O5S/c1-43-30-17-14-25(20-29(30)39)18-19-37-32(40)22-31-34(42)38(28-9-5-8-27(21-28)33(36)41)35(44-31)26-15-12-24(13-16-26)11-10-23-6-3-2-4-7-23/h2-9,12-17,20-21,31,35,39H,18-19,22H2,1H3,(H2,36,41)(H,37,40)/t31-,35+/m1/s1. The summed E-state index contributed by atoms with van der Waals surface area (Å²) in [7, 11) is 1.48. The second-order valence-electron chi connectivity index (χ2n) is 10.1. The molecule has 8 nitrogen and oxygen atoms in total. The maximum atomic E-state index is 13.8. The van der Waals surface area contributed by atoms with Crippen LogP contribution in [0.3, 0.4) is 0 Å². The summed E-state index contributed by atoms with van der Waals surface area (Å²) in [4.78, 5) is 40.2. The number of ether oxygens (including phenoxy) is 1. The quantitative estimate of drug-likeness (QED) is 0.236. The molecule has 1 aliphatic rings. The predicted octanol–water partition coefficient (Wildman–Crippen LogP) is 4.80. The van der Waals surface area contributed by atoms with Crippen molar-refractivity contribution >= 4 is 35.2 Å². The topological polar surface area (TPSA) is 122 Å². The molecule has 4 N–H and O–H groups in total. The molecule has 4 aromatic carbocycles. The lowest BCUT2D eigenvalue weighted by atomic mass is 10.1. The van der Waals surface area contributed by atoms with Crippen LogP contribution in [0.2, 0.25) is 0 Å². The minimum absolute atomic E-state index is 0.0134. The largest absolute Gasteiger partial charge is 0.504 e. The summed E-state index contributed by atoms with van der Waals surface area (Å²) in [5.41, 5.74) is 9.78. The molecule has 1 fully saturated rings. The Hall–Kier alpha value is -5.20. The monoisotopic (exact) mass is 605 g/mol. The van der Waals surface area contributed by atoms with Gasteiger partial charge in [0, 0.05) is 35.3 Å². The average Bonchev–Trinajstić information content (AvgIpc) is 3.36. The van der Waals surface area contributed by atoms with Crippen molar-refractivity contribution in [1.82, 2.24) is 5.32 Å². The first-order valence-electron chi connectivity index (χ1n) is 14.0. The summed E-state index contributed by atoms with van der Waals surface area (Å²) < 4.78 is 5.07. The summed E-state index contributed by atoms with van der Waals surface area (Å²) in [6, 6.07) is 29.1. The Kier molecular flexibility index (Phi) is 9.52. The minimum Gasteiger partial charge on any atom is -0.504 e. The number of hydrogen-bond donors (Lipinski definition) is 3. The molecule has 44 heavy (non-hydrogen) atoms. The van der Waals surface area contributed by atoms with E-state index >= 15 is 0 Å². The Morgan fingerprint density at radius 1 is 0.955 bits per heavy atom. The van der Waals surface area contributed by atoms with Crippen molar-refractivity contribution < 1.29 is 24.2 Å². The van der Waals surface area contributed by atoms with Crippen LogP contribution in [0.15, 0.2) is 97.1 Å². The van der Waals surface area contributed by atoms with Crippen molar-refractivity contribution in [3.05, 3.63) is 125 Å². The minimum atomic E-state index is -0.639. The number of thioether (sulfide) groups is 1. The first kappa shape index (κ1) is 30.3. The molecule has 222 valence electrons. The molecule has 2 atom stereocenters. The zero-order valence-corrected chi connectivity index (χ0v) is 24.8. The Balaban J connectivity index is 1.31. The van der Waals surface area contributed by atoms with E-state index in [4.69, 9.17) is 10.5 Å². The fraction of sp³-hybridized carbons (Fsp3) is 0.171. The SMILES string of the molecule is COc1ccc(CCNC(=O)C[C@H]2S[C@@H](c3ccc(C#Cc4ccccc4)cc3)N(c3cccc(C(N)=O)c3)C2=O)cc1O. The molecule has 0 spiro atoms. The number of nitrogens with zero attached hydrogens (tertiary/aromatic N) is 1. The second kappa shape index (κ2) is 13.8. The van der Waals surface area contributed by atoms with E-state index in [9.17, 15) is 19.5 Å². The van der Waals surface area contributed by atoms with Crippen LogP contribution >= 0.6 is 11.8 Å². The number of aromatic hydroxyl groups is 1. The zero-order valence-electron chi connectivity index (χ0n) is 24.0. The Labute approximate surface area is 260 Å². The lowest BCUT2D eigenvalue weighted by Crippen LogP contribution is -2.34. The molecule has 1 aliphatic heterocycles. The second-order valence-corrected chi connectivity index (χ2v) is 11.4. The number of rotatable bonds is 9. The van der Waals surface area contributed by atoms with Gasteiger partial charge in [0.05, 0.1) is 12.4 Å². The summed E-state index contributed by atoms with van der Waals surface area (Å²) >= 11 is 1.39. The van der Waals surface area contributed by atoms with Crippen molar-refractivity contribution in [2.75, 3.05) is 18.6 Å². The van der Waals surface area contributed by atoms with Crippen LogP contribution in [0.5, 0.6) is 11.5 Å². The third kappa shape index (κ3) is 7.22. The van der Waals surface area contributed by atoms with Gasteiger partial charge in [-0.2, -0.15) is 0 Å². The number of phenols is 1. The van der Waals surface area contributed by atoms with E-state index in [2.05, 4.69) is 17.2 Å². The Morgan fingerprint density at radius 2 is 1.68 bits per heavy atom. The lowest BCUT2D eigenvalue weighted by Gasteiger charge is -2.24. The highest BCUT2D eigenvalue weighted by Gasteiger charge is 2.42. The van der Waals surface area contributed by atoms with Gasteiger partial charge in [-0.3, -0.25) is 19.3 Å². The number of carbonyl (C=O) groups excluding carboxylic acids is 3. The van der Waals surface area contributed by atoms with Gasteiger partial charge in [0.25, 0.3) is 0 Å². The molecule has 4 aromatic rings. The molecule has 0 bridgehead atoms. The molecular formula is C35H31N3O5S. The van der Waals surface area contributed by atoms with Gasteiger partial charge in [0.1, 0.15) is 5.37 Å². The summed E-state index contributed by atoms with van der Waals surface area (Å²) in [6.07, 6.45) is 0.490. The number of phenolic OH excluding ortho intramolecular Hbond substituents is 1. The maximum absolute atomic E-state index is 13.8. The molecule has 9 heteroatoms. The molecular weight excluding hydrogens is 574 g/mol. The van der Waals surface area contributed by atoms with Crippen molar-refractivity contribution in [3.8, 4) is 23.3 Å². The highest BCUT2D eigenvalue weighted by molar-refractivity contribution is 8.01. The molecule has 0 aliphatic carbocycles. The van der Waals surface area contributed by atoms with Crippen molar-refractivity contribution in [2.24, 2.45) is 5.73 Å². The molecule has 0 aromatic heterocycles.